The summed E-state index contributed by atoms with van der Waals surface area (Å²) in [5.41, 5.74) is 0. The molecule has 0 aromatic carbocycles. The molecule has 2 unspecified atom stereocenters. The van der Waals surface area contributed by atoms with Crippen LogP contribution in [0.15, 0.2) is 0 Å². The van der Waals surface area contributed by atoms with Crippen LogP contribution in [0.4, 0.5) is 0 Å². The van der Waals surface area contributed by atoms with Crippen LogP contribution in [0.2, 0.25) is 0 Å². The highest BCUT2D eigenvalue weighted by atomic mass is 16.5. The summed E-state index contributed by atoms with van der Waals surface area (Å²) in [4.78, 5) is 11.3. The molecule has 0 spiro atoms. The van der Waals surface area contributed by atoms with Crippen molar-refractivity contribution in [2.45, 2.75) is 39.2 Å². The Kier molecular flexibility index (Phi) is 5.77. The molecule has 1 amide bonds. The van der Waals surface area contributed by atoms with Crippen molar-refractivity contribution in [3.63, 3.8) is 0 Å². The fourth-order valence-corrected chi connectivity index (χ4v) is 1.61. The van der Waals surface area contributed by atoms with Crippen LogP contribution in [0.5, 0.6) is 0 Å². The third-order valence-electron chi connectivity index (χ3n) is 2.67. The second kappa shape index (κ2) is 6.86. The van der Waals surface area contributed by atoms with Crippen molar-refractivity contribution in [1.82, 2.24) is 5.32 Å². The average molecular weight is 229 g/mol. The van der Waals surface area contributed by atoms with Gasteiger partial charge in [0.25, 0.3) is 0 Å². The van der Waals surface area contributed by atoms with Gasteiger partial charge in [-0.15, -0.1) is 0 Å². The highest BCUT2D eigenvalue weighted by Crippen LogP contribution is 2.28. The maximum Gasteiger partial charge on any atom is 0.246 e. The van der Waals surface area contributed by atoms with E-state index in [1.807, 2.05) is 6.92 Å². The molecule has 0 aliphatic heterocycles. The van der Waals surface area contributed by atoms with Crippen molar-refractivity contribution in [2.24, 2.45) is 11.8 Å². The van der Waals surface area contributed by atoms with E-state index in [-0.39, 0.29) is 18.6 Å². The summed E-state index contributed by atoms with van der Waals surface area (Å²) in [6.45, 7) is 5.26. The standard InChI is InChI=1S/C12H23NO3/c1-9(5-10(2)14)6-13-12(15)8-16-7-11-3-4-11/h9-11,14H,3-8H2,1-2H3,(H,13,15). The Morgan fingerprint density at radius 3 is 2.75 bits per heavy atom. The first kappa shape index (κ1) is 13.5. The monoisotopic (exact) mass is 229 g/mol. The Morgan fingerprint density at radius 1 is 1.50 bits per heavy atom. The van der Waals surface area contributed by atoms with Crippen LogP contribution in [0.1, 0.15) is 33.1 Å². The molecular weight excluding hydrogens is 206 g/mol. The quantitative estimate of drug-likeness (QED) is 0.651. The topological polar surface area (TPSA) is 58.6 Å². The van der Waals surface area contributed by atoms with E-state index < -0.39 is 0 Å². The van der Waals surface area contributed by atoms with Crippen LogP contribution in [0.25, 0.3) is 0 Å². The van der Waals surface area contributed by atoms with Crippen molar-refractivity contribution >= 4 is 5.91 Å². The molecule has 0 heterocycles. The fourth-order valence-electron chi connectivity index (χ4n) is 1.61. The summed E-state index contributed by atoms with van der Waals surface area (Å²) in [7, 11) is 0. The Balaban J connectivity index is 1.95. The number of aliphatic hydroxyl groups excluding tert-OH is 1. The van der Waals surface area contributed by atoms with Crippen molar-refractivity contribution in [1.29, 1.82) is 0 Å². The smallest absolute Gasteiger partial charge is 0.246 e. The number of nitrogens with one attached hydrogen (secondary N) is 1. The number of carbonyl (C=O) groups excluding carboxylic acids is 1. The lowest BCUT2D eigenvalue weighted by Gasteiger charge is -2.14. The zero-order valence-corrected chi connectivity index (χ0v) is 10.2. The van der Waals surface area contributed by atoms with E-state index >= 15 is 0 Å². The Bertz CT molecular complexity index is 214. The van der Waals surface area contributed by atoms with Gasteiger partial charge in [0.1, 0.15) is 6.61 Å². The van der Waals surface area contributed by atoms with Crippen molar-refractivity contribution in [3.8, 4) is 0 Å². The van der Waals surface area contributed by atoms with Gasteiger partial charge in [0.05, 0.1) is 12.7 Å². The minimum absolute atomic E-state index is 0.0573. The molecule has 2 N–H and O–H groups in total. The van der Waals surface area contributed by atoms with Gasteiger partial charge in [0.2, 0.25) is 5.91 Å². The minimum Gasteiger partial charge on any atom is -0.393 e. The molecule has 1 aliphatic carbocycles. The largest absolute Gasteiger partial charge is 0.393 e. The predicted octanol–water partition coefficient (Wildman–Crippen LogP) is 0.936. The van der Waals surface area contributed by atoms with E-state index in [0.717, 1.165) is 6.61 Å². The third kappa shape index (κ3) is 6.80. The van der Waals surface area contributed by atoms with Crippen molar-refractivity contribution in [2.75, 3.05) is 19.8 Å². The predicted molar refractivity (Wildman–Crippen MR) is 62.0 cm³/mol. The SMILES string of the molecule is CC(O)CC(C)CNC(=O)COCC1CC1. The summed E-state index contributed by atoms with van der Waals surface area (Å²) in [5, 5.41) is 12.0. The zero-order chi connectivity index (χ0) is 12.0. The second-order valence-corrected chi connectivity index (χ2v) is 4.95. The second-order valence-electron chi connectivity index (χ2n) is 4.95. The van der Waals surface area contributed by atoms with Gasteiger partial charge in [-0.2, -0.15) is 0 Å². The molecule has 0 aromatic rings. The molecule has 0 aromatic heterocycles. The van der Waals surface area contributed by atoms with Gasteiger partial charge in [-0.1, -0.05) is 6.92 Å². The van der Waals surface area contributed by atoms with Crippen LogP contribution in [0, 0.1) is 11.8 Å². The summed E-state index contributed by atoms with van der Waals surface area (Å²) >= 11 is 0. The van der Waals surface area contributed by atoms with Crippen LogP contribution in [-0.4, -0.2) is 36.9 Å². The number of aliphatic hydroxyl groups is 1. The molecule has 1 saturated carbocycles. The third-order valence-corrected chi connectivity index (χ3v) is 2.67. The number of hydrogen-bond donors (Lipinski definition) is 2. The molecule has 0 bridgehead atoms. The lowest BCUT2D eigenvalue weighted by molar-refractivity contribution is -0.126. The maximum atomic E-state index is 11.3. The van der Waals surface area contributed by atoms with Crippen molar-refractivity contribution < 1.29 is 14.6 Å². The maximum absolute atomic E-state index is 11.3. The first-order valence-electron chi connectivity index (χ1n) is 6.10. The first-order valence-corrected chi connectivity index (χ1v) is 6.10. The van der Waals surface area contributed by atoms with Gasteiger partial charge in [-0.25, -0.2) is 0 Å². The van der Waals surface area contributed by atoms with E-state index in [1.165, 1.54) is 12.8 Å². The number of carbonyl (C=O) groups is 1. The molecule has 16 heavy (non-hydrogen) atoms. The molecule has 1 aliphatic rings. The molecule has 4 nitrogen and oxygen atoms in total. The van der Waals surface area contributed by atoms with Gasteiger partial charge in [0, 0.05) is 6.54 Å². The number of hydrogen-bond acceptors (Lipinski definition) is 3. The molecular formula is C12H23NO3. The van der Waals surface area contributed by atoms with Gasteiger partial charge in [-0.3, -0.25) is 4.79 Å². The van der Waals surface area contributed by atoms with Gasteiger partial charge < -0.3 is 15.2 Å². The van der Waals surface area contributed by atoms with E-state index in [4.69, 9.17) is 9.84 Å². The van der Waals surface area contributed by atoms with E-state index in [9.17, 15) is 4.79 Å². The summed E-state index contributed by atoms with van der Waals surface area (Å²) in [6, 6.07) is 0. The molecule has 0 radical (unpaired) electrons. The first-order chi connectivity index (χ1) is 7.58. The number of ether oxygens (including phenoxy) is 1. The molecule has 1 fully saturated rings. The lowest BCUT2D eigenvalue weighted by atomic mass is 10.1. The Labute approximate surface area is 97.4 Å². The van der Waals surface area contributed by atoms with E-state index in [2.05, 4.69) is 5.32 Å². The van der Waals surface area contributed by atoms with Crippen LogP contribution in [-0.2, 0) is 9.53 Å². The Hall–Kier alpha value is -0.610. The van der Waals surface area contributed by atoms with Crippen LogP contribution < -0.4 is 5.32 Å². The normalized spacial score (nSPS) is 19.2. The lowest BCUT2D eigenvalue weighted by Crippen LogP contribution is -2.32. The Morgan fingerprint density at radius 2 is 2.19 bits per heavy atom. The molecule has 94 valence electrons. The number of rotatable bonds is 8. The summed E-state index contributed by atoms with van der Waals surface area (Å²) in [6.07, 6.45) is 2.89. The average Bonchev–Trinajstić information content (AvgIpc) is 2.97. The number of amides is 1. The van der Waals surface area contributed by atoms with E-state index in [1.54, 1.807) is 6.92 Å². The fraction of sp³-hybridized carbons (Fsp3) is 0.917. The molecule has 2 atom stereocenters. The minimum atomic E-state index is -0.307. The van der Waals surface area contributed by atoms with Gasteiger partial charge >= 0.3 is 0 Å². The highest BCUT2D eigenvalue weighted by Gasteiger charge is 2.21. The summed E-state index contributed by atoms with van der Waals surface area (Å²) in [5.74, 6) is 0.937. The van der Waals surface area contributed by atoms with Gasteiger partial charge in [0.15, 0.2) is 0 Å². The molecule has 4 heteroatoms. The van der Waals surface area contributed by atoms with Crippen molar-refractivity contribution in [3.05, 3.63) is 0 Å². The van der Waals surface area contributed by atoms with Crippen LogP contribution in [0.3, 0.4) is 0 Å². The highest BCUT2D eigenvalue weighted by molar-refractivity contribution is 5.77. The summed E-state index contributed by atoms with van der Waals surface area (Å²) < 4.78 is 5.27. The zero-order valence-electron chi connectivity index (χ0n) is 10.2. The van der Waals surface area contributed by atoms with Gasteiger partial charge in [-0.05, 0) is 38.0 Å². The molecule has 1 rings (SSSR count). The molecule has 0 saturated heterocycles. The van der Waals surface area contributed by atoms with Crippen LogP contribution >= 0.6 is 0 Å². The van der Waals surface area contributed by atoms with E-state index in [0.29, 0.717) is 24.8 Å².